The van der Waals surface area contributed by atoms with E-state index in [0.29, 0.717) is 0 Å². The Balaban J connectivity index is 2.24. The molecule has 0 saturated heterocycles. The molecule has 0 aliphatic heterocycles. The van der Waals surface area contributed by atoms with Crippen molar-refractivity contribution >= 4 is 0 Å². The number of nitrogens with one attached hydrogen (secondary N) is 1. The molecule has 19 heavy (non-hydrogen) atoms. The number of hydrogen-bond donors (Lipinski definition) is 1. The molecule has 1 heterocycles. The van der Waals surface area contributed by atoms with Crippen LogP contribution in [0.5, 0.6) is 0 Å². The van der Waals surface area contributed by atoms with Gasteiger partial charge >= 0.3 is 0 Å². The Hall–Kier alpha value is -0.840. The van der Waals surface area contributed by atoms with Gasteiger partial charge in [0.1, 0.15) is 5.76 Å². The van der Waals surface area contributed by atoms with Gasteiger partial charge in [0.15, 0.2) is 0 Å². The largest absolute Gasteiger partial charge is 0.468 e. The van der Waals surface area contributed by atoms with Crippen LogP contribution < -0.4 is 5.32 Å². The van der Waals surface area contributed by atoms with Gasteiger partial charge < -0.3 is 14.6 Å². The van der Waals surface area contributed by atoms with Crippen LogP contribution in [0.2, 0.25) is 0 Å². The van der Waals surface area contributed by atoms with Gasteiger partial charge in [-0.3, -0.25) is 4.90 Å². The molecule has 0 atom stereocenters. The Morgan fingerprint density at radius 3 is 2.68 bits per heavy atom. The zero-order chi connectivity index (χ0) is 14.1. The fraction of sp³-hybridized carbons (Fsp3) is 0.733. The van der Waals surface area contributed by atoms with Crippen LogP contribution in [0, 0.1) is 0 Å². The van der Waals surface area contributed by atoms with Gasteiger partial charge in [-0.25, -0.2) is 0 Å². The fourth-order valence-corrected chi connectivity index (χ4v) is 2.01. The predicted molar refractivity (Wildman–Crippen MR) is 80.2 cm³/mol. The van der Waals surface area contributed by atoms with Crippen molar-refractivity contribution in [3.8, 4) is 0 Å². The van der Waals surface area contributed by atoms with E-state index in [2.05, 4.69) is 49.2 Å². The summed E-state index contributed by atoms with van der Waals surface area (Å²) >= 11 is 0. The topological polar surface area (TPSA) is 31.7 Å². The maximum atomic E-state index is 5.60. The molecule has 1 rings (SSSR count). The van der Waals surface area contributed by atoms with Gasteiger partial charge in [0, 0.05) is 12.1 Å². The Bertz CT molecular complexity index is 336. The Labute approximate surface area is 117 Å². The van der Waals surface area contributed by atoms with Gasteiger partial charge in [-0.2, -0.15) is 0 Å². The van der Waals surface area contributed by atoms with Crippen molar-refractivity contribution < 1.29 is 4.42 Å². The molecule has 1 aromatic heterocycles. The first-order valence-electron chi connectivity index (χ1n) is 7.22. The fourth-order valence-electron chi connectivity index (χ4n) is 2.01. The Morgan fingerprint density at radius 2 is 2.00 bits per heavy atom. The van der Waals surface area contributed by atoms with E-state index < -0.39 is 0 Å². The van der Waals surface area contributed by atoms with Crippen molar-refractivity contribution in [1.29, 1.82) is 0 Å². The lowest BCUT2D eigenvalue weighted by Crippen LogP contribution is -2.23. The van der Waals surface area contributed by atoms with Crippen molar-refractivity contribution in [1.82, 2.24) is 15.1 Å². The van der Waals surface area contributed by atoms with Gasteiger partial charge in [0.25, 0.3) is 0 Å². The monoisotopic (exact) mass is 267 g/mol. The Kier molecular flexibility index (Phi) is 7.79. The molecule has 0 fully saturated rings. The number of furan rings is 1. The van der Waals surface area contributed by atoms with Crippen LogP contribution in [0.25, 0.3) is 0 Å². The first-order chi connectivity index (χ1) is 9.11. The summed E-state index contributed by atoms with van der Waals surface area (Å²) in [5.74, 6) is 1.06. The zero-order valence-corrected chi connectivity index (χ0v) is 12.9. The van der Waals surface area contributed by atoms with Crippen LogP contribution in [0.15, 0.2) is 16.7 Å². The third-order valence-electron chi connectivity index (χ3n) is 3.03. The van der Waals surface area contributed by atoms with Crippen molar-refractivity contribution in [3.05, 3.63) is 23.7 Å². The molecule has 110 valence electrons. The quantitative estimate of drug-likeness (QED) is 0.658. The van der Waals surface area contributed by atoms with E-state index in [4.69, 9.17) is 4.42 Å². The van der Waals surface area contributed by atoms with Crippen molar-refractivity contribution in [2.75, 3.05) is 40.8 Å². The van der Waals surface area contributed by atoms with E-state index in [9.17, 15) is 0 Å². The number of rotatable bonds is 10. The number of hydrogen-bond acceptors (Lipinski definition) is 4. The van der Waals surface area contributed by atoms with E-state index in [1.807, 2.05) is 6.26 Å². The summed E-state index contributed by atoms with van der Waals surface area (Å²) in [4.78, 5) is 4.53. The lowest BCUT2D eigenvalue weighted by molar-refractivity contribution is 0.273. The highest BCUT2D eigenvalue weighted by Gasteiger charge is 2.05. The second-order valence-corrected chi connectivity index (χ2v) is 5.49. The van der Waals surface area contributed by atoms with E-state index >= 15 is 0 Å². The summed E-state index contributed by atoms with van der Waals surface area (Å²) in [5, 5.41) is 3.39. The molecule has 4 nitrogen and oxygen atoms in total. The van der Waals surface area contributed by atoms with Crippen LogP contribution in [0.4, 0.5) is 0 Å². The van der Waals surface area contributed by atoms with Crippen LogP contribution in [0.3, 0.4) is 0 Å². The van der Waals surface area contributed by atoms with E-state index in [0.717, 1.165) is 38.5 Å². The maximum absolute atomic E-state index is 5.60. The van der Waals surface area contributed by atoms with E-state index in [1.165, 1.54) is 18.4 Å². The van der Waals surface area contributed by atoms with Crippen LogP contribution in [-0.2, 0) is 13.1 Å². The molecular weight excluding hydrogens is 238 g/mol. The summed E-state index contributed by atoms with van der Waals surface area (Å²) in [7, 11) is 6.37. The third kappa shape index (κ3) is 7.35. The normalized spacial score (nSPS) is 11.7. The summed E-state index contributed by atoms with van der Waals surface area (Å²) < 4.78 is 5.60. The minimum absolute atomic E-state index is 0.890. The molecule has 0 unspecified atom stereocenters. The van der Waals surface area contributed by atoms with Crippen LogP contribution >= 0.6 is 0 Å². The second-order valence-electron chi connectivity index (χ2n) is 5.49. The first-order valence-corrected chi connectivity index (χ1v) is 7.22. The Morgan fingerprint density at radius 1 is 1.21 bits per heavy atom. The highest BCUT2D eigenvalue weighted by molar-refractivity contribution is 5.12. The third-order valence-corrected chi connectivity index (χ3v) is 3.03. The summed E-state index contributed by atoms with van der Waals surface area (Å²) in [5.41, 5.74) is 1.24. The predicted octanol–water partition coefficient (Wildman–Crippen LogP) is 2.16. The SMILES string of the molecule is CCCNCc1coc(CN(C)CCCN(C)C)c1. The molecule has 0 aliphatic carbocycles. The van der Waals surface area contributed by atoms with Crippen LogP contribution in [0.1, 0.15) is 31.1 Å². The molecule has 0 radical (unpaired) electrons. The molecule has 0 amide bonds. The minimum Gasteiger partial charge on any atom is -0.468 e. The molecule has 1 N–H and O–H groups in total. The summed E-state index contributed by atoms with van der Waals surface area (Å²) in [6.07, 6.45) is 4.22. The average molecular weight is 267 g/mol. The van der Waals surface area contributed by atoms with Crippen LogP contribution in [-0.4, -0.2) is 50.6 Å². The van der Waals surface area contributed by atoms with Crippen molar-refractivity contribution in [3.63, 3.8) is 0 Å². The minimum atomic E-state index is 0.890. The van der Waals surface area contributed by atoms with Gasteiger partial charge in [-0.05, 0) is 59.7 Å². The highest BCUT2D eigenvalue weighted by atomic mass is 16.3. The van der Waals surface area contributed by atoms with Gasteiger partial charge in [-0.1, -0.05) is 6.92 Å². The van der Waals surface area contributed by atoms with Crippen molar-refractivity contribution in [2.24, 2.45) is 0 Å². The smallest absolute Gasteiger partial charge is 0.118 e. The van der Waals surface area contributed by atoms with Gasteiger partial charge in [-0.15, -0.1) is 0 Å². The number of nitrogens with zero attached hydrogens (tertiary/aromatic N) is 2. The molecule has 1 aromatic rings. The summed E-state index contributed by atoms with van der Waals surface area (Å²) in [6.45, 7) is 7.27. The second kappa shape index (κ2) is 9.13. The molecule has 0 spiro atoms. The molecule has 0 aromatic carbocycles. The molecule has 0 saturated carbocycles. The molecule has 0 bridgehead atoms. The van der Waals surface area contributed by atoms with Gasteiger partial charge in [0.05, 0.1) is 12.8 Å². The standard InChI is InChI=1S/C15H29N3O/c1-5-7-16-11-14-10-15(19-13-14)12-18(4)9-6-8-17(2)3/h10,13,16H,5-9,11-12H2,1-4H3. The molecular formula is C15H29N3O. The average Bonchev–Trinajstić information content (AvgIpc) is 2.76. The molecule has 0 aliphatic rings. The first kappa shape index (κ1) is 16.2. The zero-order valence-electron chi connectivity index (χ0n) is 12.9. The lowest BCUT2D eigenvalue weighted by Gasteiger charge is -2.16. The van der Waals surface area contributed by atoms with Gasteiger partial charge in [0.2, 0.25) is 0 Å². The summed E-state index contributed by atoms with van der Waals surface area (Å²) in [6, 6.07) is 2.16. The molecule has 4 heteroatoms. The lowest BCUT2D eigenvalue weighted by atomic mass is 10.3. The highest BCUT2D eigenvalue weighted by Crippen LogP contribution is 2.10. The van der Waals surface area contributed by atoms with E-state index in [1.54, 1.807) is 0 Å². The van der Waals surface area contributed by atoms with Crippen molar-refractivity contribution in [2.45, 2.75) is 32.9 Å². The van der Waals surface area contributed by atoms with E-state index in [-0.39, 0.29) is 0 Å². The maximum Gasteiger partial charge on any atom is 0.118 e.